The molecule has 1 heterocycles. The van der Waals surface area contributed by atoms with Gasteiger partial charge in [0.15, 0.2) is 0 Å². The van der Waals surface area contributed by atoms with E-state index in [0.717, 1.165) is 12.8 Å². The molecule has 0 N–H and O–H groups in total. The maximum Gasteiger partial charge on any atom is 0.245 e. The van der Waals surface area contributed by atoms with E-state index in [0.29, 0.717) is 12.5 Å². The average molecular weight is 294 g/mol. The highest BCUT2D eigenvalue weighted by molar-refractivity contribution is 5.94. The quantitative estimate of drug-likeness (QED) is 0.510. The number of carbonyl (C=O) groups excluding carboxylic acids is 2. The zero-order chi connectivity index (χ0) is 15.8. The van der Waals surface area contributed by atoms with Crippen LogP contribution in [0, 0.1) is 5.92 Å². The van der Waals surface area contributed by atoms with Crippen LogP contribution in [0.5, 0.6) is 0 Å². The summed E-state index contributed by atoms with van der Waals surface area (Å²) < 4.78 is 0. The van der Waals surface area contributed by atoms with Gasteiger partial charge in [0.1, 0.15) is 6.04 Å². The monoisotopic (exact) mass is 294 g/mol. The Balaban J connectivity index is 2.61. The van der Waals surface area contributed by atoms with Crippen LogP contribution in [0.1, 0.15) is 52.9 Å². The minimum absolute atomic E-state index is 0.0564. The van der Waals surface area contributed by atoms with E-state index >= 15 is 0 Å². The van der Waals surface area contributed by atoms with Crippen LogP contribution < -0.4 is 0 Å². The number of unbranched alkanes of at least 4 members (excludes halogenated alkanes) is 3. The Hall–Kier alpha value is -1.32. The van der Waals surface area contributed by atoms with Crippen LogP contribution in [-0.4, -0.2) is 47.8 Å². The molecule has 1 fully saturated rings. The number of hydrogen-bond acceptors (Lipinski definition) is 2. The molecule has 0 aliphatic carbocycles. The first-order chi connectivity index (χ1) is 9.97. The predicted octanol–water partition coefficient (Wildman–Crippen LogP) is 2.84. The van der Waals surface area contributed by atoms with Gasteiger partial charge in [-0.05, 0) is 25.2 Å². The normalized spacial score (nSPS) is 20.1. The predicted molar refractivity (Wildman–Crippen MR) is 85.9 cm³/mol. The van der Waals surface area contributed by atoms with E-state index in [2.05, 4.69) is 26.8 Å². The second-order valence-electron chi connectivity index (χ2n) is 6.35. The lowest BCUT2D eigenvalue weighted by Gasteiger charge is -2.39. The fraction of sp³-hybridized carbons (Fsp3) is 0.765. The van der Waals surface area contributed by atoms with Crippen LogP contribution in [0.3, 0.4) is 0 Å². The summed E-state index contributed by atoms with van der Waals surface area (Å²) in [5.74, 6) is 0.526. The van der Waals surface area contributed by atoms with E-state index in [1.165, 1.54) is 19.3 Å². The molecule has 0 spiro atoms. The van der Waals surface area contributed by atoms with Gasteiger partial charge in [-0.1, -0.05) is 45.8 Å². The highest BCUT2D eigenvalue weighted by atomic mass is 16.2. The zero-order valence-electron chi connectivity index (χ0n) is 14.0. The van der Waals surface area contributed by atoms with Crippen LogP contribution in [0.2, 0.25) is 0 Å². The van der Waals surface area contributed by atoms with E-state index in [1.807, 2.05) is 6.08 Å². The highest BCUT2D eigenvalue weighted by Gasteiger charge is 2.37. The fourth-order valence-corrected chi connectivity index (χ4v) is 2.65. The highest BCUT2D eigenvalue weighted by Crippen LogP contribution is 2.18. The molecule has 1 aliphatic heterocycles. The first-order valence-electron chi connectivity index (χ1n) is 8.16. The third kappa shape index (κ3) is 5.52. The number of rotatable bonds is 8. The van der Waals surface area contributed by atoms with Crippen molar-refractivity contribution in [1.29, 1.82) is 0 Å². The van der Waals surface area contributed by atoms with Gasteiger partial charge in [0, 0.05) is 13.6 Å². The SMILES string of the molecule is CCCCC/C=C/CN1C(=O)CN(C)C(=O)[C@@H]1CC(C)C. The number of amides is 2. The molecule has 4 nitrogen and oxygen atoms in total. The standard InChI is InChI=1S/C17H30N2O2/c1-5-6-7-8-9-10-11-19-15(12-14(2)3)17(21)18(4)13-16(19)20/h9-10,14-15H,5-8,11-13H2,1-4H3/b10-9+/t15-/m0/s1. The van der Waals surface area contributed by atoms with E-state index in [-0.39, 0.29) is 24.4 Å². The summed E-state index contributed by atoms with van der Waals surface area (Å²) in [6, 6.07) is -0.295. The van der Waals surface area contributed by atoms with Crippen molar-refractivity contribution < 1.29 is 9.59 Å². The fourth-order valence-electron chi connectivity index (χ4n) is 2.65. The summed E-state index contributed by atoms with van der Waals surface area (Å²) in [6.07, 6.45) is 9.62. The number of likely N-dealkylation sites (N-methyl/N-ethyl adjacent to an activating group) is 1. The lowest BCUT2D eigenvalue weighted by atomic mass is 9.99. The molecule has 4 heteroatoms. The number of hydrogen-bond donors (Lipinski definition) is 0. The molecule has 1 saturated heterocycles. The Bertz CT molecular complexity index is 377. The van der Waals surface area contributed by atoms with E-state index in [4.69, 9.17) is 0 Å². The van der Waals surface area contributed by atoms with Gasteiger partial charge in [-0.3, -0.25) is 9.59 Å². The maximum atomic E-state index is 12.3. The minimum atomic E-state index is -0.295. The van der Waals surface area contributed by atoms with Crippen molar-refractivity contribution in [2.45, 2.75) is 58.9 Å². The first kappa shape index (κ1) is 17.7. The third-order valence-electron chi connectivity index (χ3n) is 3.87. The molecule has 0 radical (unpaired) electrons. The summed E-state index contributed by atoms with van der Waals surface area (Å²) in [5, 5.41) is 0. The van der Waals surface area contributed by atoms with Crippen LogP contribution in [0.4, 0.5) is 0 Å². The Kier molecular flexibility index (Phi) is 7.48. The second-order valence-corrected chi connectivity index (χ2v) is 6.35. The Labute approximate surface area is 129 Å². The molecule has 2 amide bonds. The van der Waals surface area contributed by atoms with Gasteiger partial charge in [0.25, 0.3) is 0 Å². The van der Waals surface area contributed by atoms with Crippen LogP contribution in [0.15, 0.2) is 12.2 Å². The van der Waals surface area contributed by atoms with Crippen molar-refractivity contribution in [3.63, 3.8) is 0 Å². The van der Waals surface area contributed by atoms with Crippen molar-refractivity contribution in [2.24, 2.45) is 5.92 Å². The third-order valence-corrected chi connectivity index (χ3v) is 3.87. The molecule has 0 aromatic carbocycles. The van der Waals surface area contributed by atoms with Crippen LogP contribution in [-0.2, 0) is 9.59 Å². The number of carbonyl (C=O) groups is 2. The second kappa shape index (κ2) is 8.85. The summed E-state index contributed by atoms with van der Waals surface area (Å²) in [4.78, 5) is 27.8. The molecule has 0 bridgehead atoms. The van der Waals surface area contributed by atoms with Crippen LogP contribution >= 0.6 is 0 Å². The van der Waals surface area contributed by atoms with Crippen molar-refractivity contribution in [3.8, 4) is 0 Å². The van der Waals surface area contributed by atoms with Gasteiger partial charge in [0.05, 0.1) is 6.54 Å². The van der Waals surface area contributed by atoms with Crippen LogP contribution in [0.25, 0.3) is 0 Å². The molecule has 120 valence electrons. The molecule has 1 atom stereocenters. The zero-order valence-corrected chi connectivity index (χ0v) is 14.0. The Morgan fingerprint density at radius 3 is 2.57 bits per heavy atom. The molecule has 0 aromatic heterocycles. The van der Waals surface area contributed by atoms with E-state index in [9.17, 15) is 9.59 Å². The van der Waals surface area contributed by atoms with Gasteiger partial charge in [-0.2, -0.15) is 0 Å². The molecule has 1 rings (SSSR count). The molecule has 0 saturated carbocycles. The van der Waals surface area contributed by atoms with E-state index in [1.54, 1.807) is 16.8 Å². The smallest absolute Gasteiger partial charge is 0.245 e. The van der Waals surface area contributed by atoms with Crippen molar-refractivity contribution in [2.75, 3.05) is 20.1 Å². The first-order valence-corrected chi connectivity index (χ1v) is 8.16. The minimum Gasteiger partial charge on any atom is -0.335 e. The van der Waals surface area contributed by atoms with Crippen molar-refractivity contribution in [3.05, 3.63) is 12.2 Å². The summed E-state index contributed by atoms with van der Waals surface area (Å²) in [6.45, 7) is 7.13. The summed E-state index contributed by atoms with van der Waals surface area (Å²) in [5.41, 5.74) is 0. The molecular weight excluding hydrogens is 264 g/mol. The van der Waals surface area contributed by atoms with Crippen molar-refractivity contribution in [1.82, 2.24) is 9.80 Å². The molecule has 0 aromatic rings. The lowest BCUT2D eigenvalue weighted by molar-refractivity contribution is -0.154. The Morgan fingerprint density at radius 1 is 1.24 bits per heavy atom. The molecule has 21 heavy (non-hydrogen) atoms. The molecular formula is C17H30N2O2. The summed E-state index contributed by atoms with van der Waals surface area (Å²) in [7, 11) is 1.71. The van der Waals surface area contributed by atoms with E-state index < -0.39 is 0 Å². The van der Waals surface area contributed by atoms with Crippen molar-refractivity contribution >= 4 is 11.8 Å². The van der Waals surface area contributed by atoms with Gasteiger partial charge < -0.3 is 9.80 Å². The lowest BCUT2D eigenvalue weighted by Crippen LogP contribution is -2.59. The molecule has 0 unspecified atom stereocenters. The summed E-state index contributed by atoms with van der Waals surface area (Å²) >= 11 is 0. The number of piperazine rings is 1. The van der Waals surface area contributed by atoms with Gasteiger partial charge in [-0.25, -0.2) is 0 Å². The average Bonchev–Trinajstić information content (AvgIpc) is 2.42. The topological polar surface area (TPSA) is 40.6 Å². The van der Waals surface area contributed by atoms with Gasteiger partial charge in [0.2, 0.25) is 11.8 Å². The number of nitrogens with zero attached hydrogens (tertiary/aromatic N) is 2. The van der Waals surface area contributed by atoms with Gasteiger partial charge >= 0.3 is 0 Å². The Morgan fingerprint density at radius 2 is 1.95 bits per heavy atom. The maximum absolute atomic E-state index is 12.3. The molecule has 1 aliphatic rings. The largest absolute Gasteiger partial charge is 0.335 e. The van der Waals surface area contributed by atoms with Gasteiger partial charge in [-0.15, -0.1) is 0 Å². The number of allylic oxidation sites excluding steroid dienone is 1.